The zero-order chi connectivity index (χ0) is 31.6. The second-order valence-corrected chi connectivity index (χ2v) is 10.4. The number of hydrogen-bond acceptors (Lipinski definition) is 4. The van der Waals surface area contributed by atoms with Crippen molar-refractivity contribution in [3.05, 3.63) is 155 Å². The third-order valence-electron chi connectivity index (χ3n) is 7.44. The molecular formula is C36H25F3N2O4. The molecule has 6 aromatic rings. The lowest BCUT2D eigenvalue weighted by atomic mass is 9.91. The Balaban J connectivity index is 1.31. The first kappa shape index (κ1) is 29.4. The molecule has 0 bridgehead atoms. The van der Waals surface area contributed by atoms with Gasteiger partial charge in [-0.05, 0) is 47.0 Å². The standard InChI is InChI=1S/C36H25F3N2O4/c37-36(38,39)30-12-5-11-28-32(29(20-40-33(28)30)34(42)25-7-2-1-3-8-25)26-9-4-10-27(19-26)45-22-24-16-14-23(15-17-24)21-41-18-6-13-31(41)35(43)44/h1-20H,21-22H2,(H,43,44). The number of ether oxygens (including phenoxy) is 1. The number of carbonyl (C=O) groups is 2. The summed E-state index contributed by atoms with van der Waals surface area (Å²) in [5.41, 5.74) is 2.26. The van der Waals surface area contributed by atoms with E-state index in [2.05, 4.69) is 4.98 Å². The first-order valence-corrected chi connectivity index (χ1v) is 14.0. The fourth-order valence-corrected chi connectivity index (χ4v) is 5.27. The summed E-state index contributed by atoms with van der Waals surface area (Å²) < 4.78 is 49.5. The van der Waals surface area contributed by atoms with Gasteiger partial charge in [-0.25, -0.2) is 4.79 Å². The monoisotopic (exact) mass is 606 g/mol. The number of aromatic carboxylic acids is 1. The van der Waals surface area contributed by atoms with Crippen molar-refractivity contribution in [1.82, 2.24) is 9.55 Å². The number of benzene rings is 4. The SMILES string of the molecule is O=C(c1ccccc1)c1cnc2c(C(F)(F)F)cccc2c1-c1cccc(OCc2ccc(Cn3cccc3C(=O)O)cc2)c1. The summed E-state index contributed by atoms with van der Waals surface area (Å²) in [4.78, 5) is 29.1. The zero-order valence-corrected chi connectivity index (χ0v) is 23.7. The summed E-state index contributed by atoms with van der Waals surface area (Å²) in [6, 6.07) is 30.0. The average Bonchev–Trinajstić information content (AvgIpc) is 3.52. The molecule has 0 atom stereocenters. The molecule has 9 heteroatoms. The first-order chi connectivity index (χ1) is 21.7. The third-order valence-corrected chi connectivity index (χ3v) is 7.44. The summed E-state index contributed by atoms with van der Waals surface area (Å²) >= 11 is 0. The van der Waals surface area contributed by atoms with Crippen LogP contribution in [0, 0.1) is 0 Å². The van der Waals surface area contributed by atoms with E-state index >= 15 is 0 Å². The van der Waals surface area contributed by atoms with Crippen molar-refractivity contribution in [3.8, 4) is 16.9 Å². The minimum Gasteiger partial charge on any atom is -0.489 e. The Morgan fingerprint density at radius 3 is 2.29 bits per heavy atom. The minimum absolute atomic E-state index is 0.175. The molecule has 0 aliphatic rings. The summed E-state index contributed by atoms with van der Waals surface area (Å²) in [7, 11) is 0. The maximum atomic E-state index is 13.9. The molecule has 6 rings (SSSR count). The zero-order valence-electron chi connectivity index (χ0n) is 23.7. The number of pyridine rings is 1. The topological polar surface area (TPSA) is 81.4 Å². The molecule has 0 aliphatic heterocycles. The predicted octanol–water partition coefficient (Wildman–Crippen LogP) is 8.28. The highest BCUT2D eigenvalue weighted by Gasteiger charge is 2.34. The van der Waals surface area contributed by atoms with Gasteiger partial charge in [-0.3, -0.25) is 9.78 Å². The molecule has 1 N–H and O–H groups in total. The van der Waals surface area contributed by atoms with Crippen molar-refractivity contribution in [2.75, 3.05) is 0 Å². The van der Waals surface area contributed by atoms with Gasteiger partial charge < -0.3 is 14.4 Å². The van der Waals surface area contributed by atoms with E-state index in [1.165, 1.54) is 18.3 Å². The van der Waals surface area contributed by atoms with Crippen molar-refractivity contribution in [3.63, 3.8) is 0 Å². The molecule has 224 valence electrons. The lowest BCUT2D eigenvalue weighted by Crippen LogP contribution is -2.09. The maximum Gasteiger partial charge on any atom is 0.418 e. The third kappa shape index (κ3) is 6.19. The fourth-order valence-electron chi connectivity index (χ4n) is 5.27. The molecular weight excluding hydrogens is 581 g/mol. The van der Waals surface area contributed by atoms with Crippen molar-refractivity contribution >= 4 is 22.7 Å². The second kappa shape index (κ2) is 12.1. The smallest absolute Gasteiger partial charge is 0.418 e. The van der Waals surface area contributed by atoms with Crippen LogP contribution in [0.5, 0.6) is 5.75 Å². The number of fused-ring (bicyclic) bond motifs is 1. The van der Waals surface area contributed by atoms with Gasteiger partial charge in [0, 0.05) is 41.0 Å². The molecule has 2 aromatic heterocycles. The number of ketones is 1. The van der Waals surface area contributed by atoms with Crippen LogP contribution in [0.25, 0.3) is 22.0 Å². The molecule has 0 fully saturated rings. The quantitative estimate of drug-likeness (QED) is 0.168. The summed E-state index contributed by atoms with van der Waals surface area (Å²) in [5.74, 6) is -0.895. The van der Waals surface area contributed by atoms with Crippen LogP contribution in [0.15, 0.2) is 122 Å². The predicted molar refractivity (Wildman–Crippen MR) is 163 cm³/mol. The Morgan fingerprint density at radius 2 is 1.56 bits per heavy atom. The number of nitrogens with zero attached hydrogens (tertiary/aromatic N) is 2. The second-order valence-electron chi connectivity index (χ2n) is 10.4. The number of hydrogen-bond donors (Lipinski definition) is 1. The van der Waals surface area contributed by atoms with Crippen molar-refractivity contribution in [2.45, 2.75) is 19.3 Å². The average molecular weight is 607 g/mol. The van der Waals surface area contributed by atoms with Gasteiger partial charge in [0.2, 0.25) is 0 Å². The Morgan fingerprint density at radius 1 is 0.822 bits per heavy atom. The largest absolute Gasteiger partial charge is 0.489 e. The van der Waals surface area contributed by atoms with Gasteiger partial charge >= 0.3 is 12.1 Å². The van der Waals surface area contributed by atoms with Gasteiger partial charge in [0.25, 0.3) is 0 Å². The van der Waals surface area contributed by atoms with Gasteiger partial charge in [0.15, 0.2) is 5.78 Å². The molecule has 0 aliphatic carbocycles. The molecule has 2 heterocycles. The molecule has 6 nitrogen and oxygen atoms in total. The van der Waals surface area contributed by atoms with Crippen molar-refractivity contribution in [2.24, 2.45) is 0 Å². The van der Waals surface area contributed by atoms with E-state index in [-0.39, 0.29) is 34.6 Å². The summed E-state index contributed by atoms with van der Waals surface area (Å²) in [6.07, 6.45) is -1.71. The van der Waals surface area contributed by atoms with Crippen LogP contribution in [0.1, 0.15) is 43.1 Å². The summed E-state index contributed by atoms with van der Waals surface area (Å²) in [5, 5.41) is 9.54. The Bertz CT molecular complexity index is 2020. The normalized spacial score (nSPS) is 11.4. The highest BCUT2D eigenvalue weighted by atomic mass is 19.4. The fraction of sp³-hybridized carbons (Fsp3) is 0.0833. The highest BCUT2D eigenvalue weighted by Crippen LogP contribution is 2.39. The van der Waals surface area contributed by atoms with Gasteiger partial charge in [-0.15, -0.1) is 0 Å². The van der Waals surface area contributed by atoms with E-state index in [1.54, 1.807) is 77.5 Å². The number of carboxylic acids is 1. The lowest BCUT2D eigenvalue weighted by molar-refractivity contribution is -0.136. The molecule has 4 aromatic carbocycles. The Kier molecular flexibility index (Phi) is 7.91. The van der Waals surface area contributed by atoms with E-state index < -0.39 is 17.7 Å². The molecule has 0 radical (unpaired) electrons. The molecule has 45 heavy (non-hydrogen) atoms. The van der Waals surface area contributed by atoms with Crippen LogP contribution >= 0.6 is 0 Å². The number of rotatable bonds is 9. The van der Waals surface area contributed by atoms with Crippen LogP contribution in [0.3, 0.4) is 0 Å². The van der Waals surface area contributed by atoms with Crippen molar-refractivity contribution < 1.29 is 32.6 Å². The molecule has 0 amide bonds. The maximum absolute atomic E-state index is 13.9. The van der Waals surface area contributed by atoms with Crippen LogP contribution in [0.4, 0.5) is 13.2 Å². The number of halogens is 3. The van der Waals surface area contributed by atoms with Crippen molar-refractivity contribution in [1.29, 1.82) is 0 Å². The number of carboxylic acid groups (broad SMARTS) is 1. The van der Waals surface area contributed by atoms with Gasteiger partial charge in [-0.2, -0.15) is 13.2 Å². The van der Waals surface area contributed by atoms with E-state index in [1.807, 2.05) is 24.3 Å². The van der Waals surface area contributed by atoms with E-state index in [4.69, 9.17) is 4.74 Å². The van der Waals surface area contributed by atoms with Crippen LogP contribution < -0.4 is 4.74 Å². The first-order valence-electron chi connectivity index (χ1n) is 14.0. The molecule has 0 saturated carbocycles. The van der Waals surface area contributed by atoms with E-state index in [9.17, 15) is 27.9 Å². The minimum atomic E-state index is -4.63. The van der Waals surface area contributed by atoms with Gasteiger partial charge in [0.1, 0.15) is 18.1 Å². The molecule has 0 saturated heterocycles. The number of carbonyl (C=O) groups excluding carboxylic acids is 1. The van der Waals surface area contributed by atoms with E-state index in [0.29, 0.717) is 29.0 Å². The van der Waals surface area contributed by atoms with Crippen LogP contribution in [-0.2, 0) is 19.3 Å². The van der Waals surface area contributed by atoms with Gasteiger partial charge in [0.05, 0.1) is 11.1 Å². The van der Waals surface area contributed by atoms with Crippen LogP contribution in [-0.4, -0.2) is 26.4 Å². The lowest BCUT2D eigenvalue weighted by Gasteiger charge is -2.16. The van der Waals surface area contributed by atoms with Gasteiger partial charge in [-0.1, -0.05) is 78.9 Å². The Labute approximate surface area is 256 Å². The Hall–Kier alpha value is -5.70. The summed E-state index contributed by atoms with van der Waals surface area (Å²) in [6.45, 7) is 0.608. The van der Waals surface area contributed by atoms with E-state index in [0.717, 1.165) is 17.2 Å². The highest BCUT2D eigenvalue weighted by molar-refractivity contribution is 6.16. The number of aromatic nitrogens is 2. The number of para-hydroxylation sites is 1. The van der Waals surface area contributed by atoms with Crippen LogP contribution in [0.2, 0.25) is 0 Å². The molecule has 0 unspecified atom stereocenters. The number of alkyl halides is 3. The molecule has 0 spiro atoms.